The summed E-state index contributed by atoms with van der Waals surface area (Å²) >= 11 is 1.37. The van der Waals surface area contributed by atoms with Crippen LogP contribution in [-0.4, -0.2) is 65.4 Å². The van der Waals surface area contributed by atoms with Crippen LogP contribution in [0.25, 0.3) is 0 Å². The van der Waals surface area contributed by atoms with Crippen molar-refractivity contribution < 1.29 is 14.3 Å². The number of hydrogen-bond acceptors (Lipinski definition) is 6. The van der Waals surface area contributed by atoms with Crippen LogP contribution in [0.15, 0.2) is 66.2 Å². The average Bonchev–Trinajstić information content (AvgIpc) is 3.50. The highest BCUT2D eigenvalue weighted by atomic mass is 32.1. The van der Waals surface area contributed by atoms with Gasteiger partial charge < -0.3 is 14.5 Å². The first kappa shape index (κ1) is 20.7. The predicted octanol–water partition coefficient (Wildman–Crippen LogP) is 3.50. The van der Waals surface area contributed by atoms with Crippen molar-refractivity contribution in [3.05, 3.63) is 71.2 Å². The van der Waals surface area contributed by atoms with Crippen LogP contribution in [-0.2, 0) is 4.79 Å². The van der Waals surface area contributed by atoms with Crippen LogP contribution in [0.5, 0.6) is 11.5 Å². The number of piperazine rings is 1. The molecule has 1 aromatic heterocycles. The summed E-state index contributed by atoms with van der Waals surface area (Å²) in [5.41, 5.74) is 0.885. The summed E-state index contributed by atoms with van der Waals surface area (Å²) in [6.45, 7) is 3.53. The molecule has 0 aliphatic carbocycles. The Balaban J connectivity index is 1.17. The minimum Gasteiger partial charge on any atom is -0.457 e. The van der Waals surface area contributed by atoms with Crippen molar-refractivity contribution in [2.45, 2.75) is 12.5 Å². The fraction of sp³-hybridized carbons (Fsp3) is 0.292. The summed E-state index contributed by atoms with van der Waals surface area (Å²) in [6, 6.07) is 17.5. The van der Waals surface area contributed by atoms with Crippen LogP contribution in [0.1, 0.15) is 16.2 Å². The first-order valence-electron chi connectivity index (χ1n) is 10.7. The lowest BCUT2D eigenvalue weighted by Crippen LogP contribution is -2.52. The molecule has 2 saturated heterocycles. The zero-order chi connectivity index (χ0) is 21.9. The Morgan fingerprint density at radius 1 is 0.969 bits per heavy atom. The number of hydrogen-bond donors (Lipinski definition) is 0. The van der Waals surface area contributed by atoms with Gasteiger partial charge in [0.1, 0.15) is 11.5 Å². The molecule has 8 heteroatoms. The molecule has 2 aromatic carbocycles. The molecule has 1 atom stereocenters. The van der Waals surface area contributed by atoms with E-state index >= 15 is 0 Å². The molecule has 0 N–H and O–H groups in total. The largest absolute Gasteiger partial charge is 0.457 e. The molecule has 2 aliphatic heterocycles. The average molecular weight is 449 g/mol. The summed E-state index contributed by atoms with van der Waals surface area (Å²) in [5, 5.41) is 2.36. The Labute approximate surface area is 190 Å². The Kier molecular flexibility index (Phi) is 5.87. The Hall–Kier alpha value is -3.23. The fourth-order valence-electron chi connectivity index (χ4n) is 4.26. The second-order valence-electron chi connectivity index (χ2n) is 7.94. The number of nitrogens with zero attached hydrogens (tertiary/aromatic N) is 4. The normalized spacial score (nSPS) is 19.4. The van der Waals surface area contributed by atoms with Crippen molar-refractivity contribution in [3.8, 4) is 11.5 Å². The zero-order valence-electron chi connectivity index (χ0n) is 17.6. The van der Waals surface area contributed by atoms with Crippen molar-refractivity contribution in [2.24, 2.45) is 0 Å². The third-order valence-corrected chi connectivity index (χ3v) is 6.73. The molecule has 3 aromatic rings. The van der Waals surface area contributed by atoms with E-state index in [-0.39, 0.29) is 17.9 Å². The number of carbonyl (C=O) groups is 2. The molecular formula is C24H24N4O3S. The summed E-state index contributed by atoms with van der Waals surface area (Å²) in [6.07, 6.45) is 2.16. The molecule has 0 radical (unpaired) electrons. The van der Waals surface area contributed by atoms with Gasteiger partial charge >= 0.3 is 0 Å². The quantitative estimate of drug-likeness (QED) is 0.598. The molecule has 0 bridgehead atoms. The van der Waals surface area contributed by atoms with E-state index in [1.54, 1.807) is 6.20 Å². The smallest absolute Gasteiger partial charge is 0.282 e. The highest BCUT2D eigenvalue weighted by Gasteiger charge is 2.36. The molecule has 0 saturated carbocycles. The molecule has 7 nitrogen and oxygen atoms in total. The van der Waals surface area contributed by atoms with Crippen LogP contribution >= 0.6 is 11.3 Å². The fourth-order valence-corrected chi connectivity index (χ4v) is 4.86. The number of rotatable bonds is 5. The van der Waals surface area contributed by atoms with Crippen molar-refractivity contribution in [1.82, 2.24) is 14.8 Å². The molecule has 32 heavy (non-hydrogen) atoms. The van der Waals surface area contributed by atoms with E-state index in [1.807, 2.05) is 69.8 Å². The van der Waals surface area contributed by atoms with E-state index < -0.39 is 0 Å². The van der Waals surface area contributed by atoms with Crippen LogP contribution in [0.4, 0.5) is 5.69 Å². The number of aromatic nitrogens is 1. The third kappa shape index (κ3) is 4.37. The lowest BCUT2D eigenvalue weighted by molar-refractivity contribution is -0.117. The first-order valence-corrected chi connectivity index (χ1v) is 11.6. The van der Waals surface area contributed by atoms with E-state index in [9.17, 15) is 9.59 Å². The Morgan fingerprint density at radius 2 is 1.69 bits per heavy atom. The lowest BCUT2D eigenvalue weighted by Gasteiger charge is -2.37. The van der Waals surface area contributed by atoms with Crippen LogP contribution < -0.4 is 9.64 Å². The van der Waals surface area contributed by atoms with Gasteiger partial charge in [0.2, 0.25) is 5.91 Å². The molecule has 0 spiro atoms. The van der Waals surface area contributed by atoms with Crippen LogP contribution in [0.2, 0.25) is 0 Å². The van der Waals surface area contributed by atoms with Gasteiger partial charge in [-0.25, -0.2) is 4.98 Å². The van der Waals surface area contributed by atoms with Crippen molar-refractivity contribution >= 4 is 28.8 Å². The first-order chi connectivity index (χ1) is 15.7. The van der Waals surface area contributed by atoms with E-state index in [2.05, 4.69) is 9.88 Å². The number of thiazole rings is 1. The highest BCUT2D eigenvalue weighted by Crippen LogP contribution is 2.28. The summed E-state index contributed by atoms with van der Waals surface area (Å²) < 4.78 is 5.85. The number of ether oxygens (including phenoxy) is 1. The van der Waals surface area contributed by atoms with E-state index in [4.69, 9.17) is 4.74 Å². The van der Waals surface area contributed by atoms with Crippen molar-refractivity contribution in [2.75, 3.05) is 37.6 Å². The number of benzene rings is 2. The molecule has 0 unspecified atom stereocenters. The molecule has 2 fully saturated rings. The van der Waals surface area contributed by atoms with Crippen LogP contribution in [0, 0.1) is 0 Å². The third-order valence-electron chi connectivity index (χ3n) is 5.97. The lowest BCUT2D eigenvalue weighted by atomic mass is 10.2. The van der Waals surface area contributed by atoms with E-state index in [1.165, 1.54) is 11.3 Å². The predicted molar refractivity (Wildman–Crippen MR) is 123 cm³/mol. The van der Waals surface area contributed by atoms with Gasteiger partial charge in [0.05, 0.1) is 0 Å². The number of para-hydroxylation sites is 1. The minimum atomic E-state index is 0.00147. The molecule has 164 valence electrons. The van der Waals surface area contributed by atoms with Gasteiger partial charge in [-0.3, -0.25) is 14.5 Å². The molecule has 2 amide bonds. The molecule has 2 aliphatic rings. The molecular weight excluding hydrogens is 424 g/mol. The van der Waals surface area contributed by atoms with Crippen molar-refractivity contribution in [1.29, 1.82) is 0 Å². The van der Waals surface area contributed by atoms with Crippen molar-refractivity contribution in [3.63, 3.8) is 0 Å². The number of amides is 2. The Bertz CT molecular complexity index is 1060. The topological polar surface area (TPSA) is 66.0 Å². The van der Waals surface area contributed by atoms with E-state index in [0.717, 1.165) is 30.3 Å². The summed E-state index contributed by atoms with van der Waals surface area (Å²) in [7, 11) is 0. The molecule has 5 rings (SSSR count). The van der Waals surface area contributed by atoms with Gasteiger partial charge in [-0.15, -0.1) is 11.3 Å². The van der Waals surface area contributed by atoms with Gasteiger partial charge in [0.25, 0.3) is 5.91 Å². The van der Waals surface area contributed by atoms with Gasteiger partial charge in [0.15, 0.2) is 5.01 Å². The SMILES string of the molecule is O=C(c1nccs1)N1CCN([C@@H]2CC(=O)N(c3ccc(Oc4ccccc4)cc3)C2)CC1. The second kappa shape index (κ2) is 9.10. The monoisotopic (exact) mass is 448 g/mol. The van der Waals surface area contributed by atoms with Gasteiger partial charge in [0, 0.05) is 62.5 Å². The van der Waals surface area contributed by atoms with Gasteiger partial charge in [-0.2, -0.15) is 0 Å². The zero-order valence-corrected chi connectivity index (χ0v) is 18.4. The molecule has 3 heterocycles. The standard InChI is InChI=1S/C24H24N4O3S/c29-22-16-19(26-11-13-27(14-12-26)24(30)23-25-10-15-32-23)17-28(22)18-6-8-21(9-7-18)31-20-4-2-1-3-5-20/h1-10,15,19H,11-14,16-17H2/t19-/m1/s1. The van der Waals surface area contributed by atoms with Gasteiger partial charge in [-0.1, -0.05) is 18.2 Å². The second-order valence-corrected chi connectivity index (χ2v) is 8.83. The summed E-state index contributed by atoms with van der Waals surface area (Å²) in [5.74, 6) is 1.66. The van der Waals surface area contributed by atoms with Crippen LogP contribution in [0.3, 0.4) is 0 Å². The Morgan fingerprint density at radius 3 is 2.38 bits per heavy atom. The maximum Gasteiger partial charge on any atom is 0.282 e. The maximum absolute atomic E-state index is 12.7. The van der Waals surface area contributed by atoms with E-state index in [0.29, 0.717) is 31.1 Å². The number of carbonyl (C=O) groups excluding carboxylic acids is 2. The number of anilines is 1. The minimum absolute atomic E-state index is 0.00147. The summed E-state index contributed by atoms with van der Waals surface area (Å²) in [4.78, 5) is 35.4. The highest BCUT2D eigenvalue weighted by molar-refractivity contribution is 7.11. The maximum atomic E-state index is 12.7. The van der Waals surface area contributed by atoms with Gasteiger partial charge in [-0.05, 0) is 36.4 Å².